The van der Waals surface area contributed by atoms with E-state index in [1.54, 1.807) is 24.4 Å². The number of aromatic amines is 1. The molecule has 0 aliphatic heterocycles. The molecule has 0 aliphatic carbocycles. The van der Waals surface area contributed by atoms with E-state index in [4.69, 9.17) is 0 Å². The van der Waals surface area contributed by atoms with Crippen LogP contribution >= 0.6 is 0 Å². The predicted octanol–water partition coefficient (Wildman–Crippen LogP) is 4.82. The van der Waals surface area contributed by atoms with Crippen molar-refractivity contribution in [3.05, 3.63) is 75.2 Å². The Bertz CT molecular complexity index is 1060. The smallest absolute Gasteiger partial charge is 0.270 e. The maximum Gasteiger partial charge on any atom is 0.270 e. The Labute approximate surface area is 168 Å². The molecular formula is C22H24FN3O3. The summed E-state index contributed by atoms with van der Waals surface area (Å²) in [5.41, 5.74) is 2.59. The van der Waals surface area contributed by atoms with E-state index in [0.717, 1.165) is 5.56 Å². The number of amides is 1. The van der Waals surface area contributed by atoms with Crippen LogP contribution in [-0.2, 0) is 4.79 Å². The summed E-state index contributed by atoms with van der Waals surface area (Å²) < 4.78 is 14.7. The first-order valence-electron chi connectivity index (χ1n) is 9.54. The van der Waals surface area contributed by atoms with Crippen molar-refractivity contribution >= 4 is 22.5 Å². The number of nitrogens with one attached hydrogen (secondary N) is 2. The van der Waals surface area contributed by atoms with Gasteiger partial charge in [0, 0.05) is 48.1 Å². The van der Waals surface area contributed by atoms with Crippen LogP contribution in [0.5, 0.6) is 0 Å². The van der Waals surface area contributed by atoms with Crippen molar-refractivity contribution in [2.45, 2.75) is 33.1 Å². The number of nitro benzene ring substituents is 1. The molecule has 152 valence electrons. The number of aryl methyl sites for hydroxylation is 1. The Kier molecular flexibility index (Phi) is 5.96. The predicted molar refractivity (Wildman–Crippen MR) is 110 cm³/mol. The highest BCUT2D eigenvalue weighted by Gasteiger charge is 2.25. The van der Waals surface area contributed by atoms with Gasteiger partial charge in [0.2, 0.25) is 5.91 Å². The van der Waals surface area contributed by atoms with Gasteiger partial charge in [-0.3, -0.25) is 14.9 Å². The molecule has 0 aliphatic rings. The number of halogens is 1. The average molecular weight is 397 g/mol. The summed E-state index contributed by atoms with van der Waals surface area (Å²) in [5.74, 6) is -0.872. The molecule has 7 heteroatoms. The fraction of sp³-hybridized carbons (Fsp3) is 0.318. The summed E-state index contributed by atoms with van der Waals surface area (Å²) in [5, 5.41) is 14.7. The summed E-state index contributed by atoms with van der Waals surface area (Å²) in [6, 6.07) is 9.30. The standard InChI is InChI=1S/C22H24FN3O3/c1-13(2)11-25-22(27)10-16(17-8-14(3)4-6-20(17)23)19-12-24-21-7-5-15(26(28)29)9-18(19)21/h4-9,12-13,16,24H,10-11H2,1-3H3,(H,25,27)/t16-/m0/s1. The Balaban J connectivity index is 2.09. The van der Waals surface area contributed by atoms with Crippen LogP contribution in [0.2, 0.25) is 0 Å². The van der Waals surface area contributed by atoms with Crippen LogP contribution in [0, 0.1) is 28.8 Å². The number of nitrogens with zero attached hydrogens (tertiary/aromatic N) is 1. The number of non-ortho nitro benzene ring substituents is 1. The van der Waals surface area contributed by atoms with Crippen LogP contribution in [0.25, 0.3) is 10.9 Å². The quantitative estimate of drug-likeness (QED) is 0.443. The Morgan fingerprint density at radius 2 is 1.97 bits per heavy atom. The highest BCUT2D eigenvalue weighted by atomic mass is 19.1. The first-order chi connectivity index (χ1) is 13.8. The lowest BCUT2D eigenvalue weighted by Gasteiger charge is -2.19. The first kappa shape index (κ1) is 20.5. The van der Waals surface area contributed by atoms with Crippen molar-refractivity contribution in [3.8, 4) is 0 Å². The molecule has 0 spiro atoms. The minimum Gasteiger partial charge on any atom is -0.361 e. The monoisotopic (exact) mass is 397 g/mol. The van der Waals surface area contributed by atoms with Crippen LogP contribution in [0.3, 0.4) is 0 Å². The first-order valence-corrected chi connectivity index (χ1v) is 9.54. The third kappa shape index (κ3) is 4.62. The highest BCUT2D eigenvalue weighted by Crippen LogP contribution is 2.36. The summed E-state index contributed by atoms with van der Waals surface area (Å²) >= 11 is 0. The van der Waals surface area contributed by atoms with Crippen molar-refractivity contribution < 1.29 is 14.1 Å². The summed E-state index contributed by atoms with van der Waals surface area (Å²) in [7, 11) is 0. The summed E-state index contributed by atoms with van der Waals surface area (Å²) in [6.07, 6.45) is 1.75. The van der Waals surface area contributed by atoms with Gasteiger partial charge in [0.05, 0.1) is 4.92 Å². The number of aromatic nitrogens is 1. The zero-order valence-corrected chi connectivity index (χ0v) is 16.7. The van der Waals surface area contributed by atoms with Gasteiger partial charge in [-0.1, -0.05) is 31.5 Å². The van der Waals surface area contributed by atoms with Gasteiger partial charge in [0.25, 0.3) is 5.69 Å². The normalized spacial score (nSPS) is 12.3. The average Bonchev–Trinajstić information content (AvgIpc) is 3.09. The number of nitro groups is 1. The van der Waals surface area contributed by atoms with Gasteiger partial charge < -0.3 is 10.3 Å². The van der Waals surface area contributed by atoms with Crippen molar-refractivity contribution in [1.82, 2.24) is 10.3 Å². The van der Waals surface area contributed by atoms with Crippen LogP contribution in [0.15, 0.2) is 42.6 Å². The molecule has 1 amide bonds. The number of H-pyrrole nitrogens is 1. The molecule has 0 fully saturated rings. The lowest BCUT2D eigenvalue weighted by atomic mass is 9.86. The van der Waals surface area contributed by atoms with E-state index < -0.39 is 16.7 Å². The van der Waals surface area contributed by atoms with Crippen molar-refractivity contribution in [1.29, 1.82) is 0 Å². The van der Waals surface area contributed by atoms with Crippen molar-refractivity contribution in [2.24, 2.45) is 5.92 Å². The second-order valence-electron chi connectivity index (χ2n) is 7.71. The minimum atomic E-state index is -0.571. The molecule has 2 aromatic carbocycles. The molecule has 0 bridgehead atoms. The second-order valence-corrected chi connectivity index (χ2v) is 7.71. The number of hydrogen-bond donors (Lipinski definition) is 2. The molecule has 3 rings (SSSR count). The number of benzene rings is 2. The zero-order valence-electron chi connectivity index (χ0n) is 16.7. The molecule has 2 N–H and O–H groups in total. The van der Waals surface area contributed by atoms with Gasteiger partial charge >= 0.3 is 0 Å². The fourth-order valence-corrected chi connectivity index (χ4v) is 3.43. The number of rotatable bonds is 7. The van der Waals surface area contributed by atoms with Gasteiger partial charge in [0.15, 0.2) is 0 Å². The van der Waals surface area contributed by atoms with E-state index in [2.05, 4.69) is 10.3 Å². The molecule has 0 saturated heterocycles. The molecule has 3 aromatic rings. The topological polar surface area (TPSA) is 88.0 Å². The Morgan fingerprint density at radius 3 is 2.66 bits per heavy atom. The maximum atomic E-state index is 14.7. The van der Waals surface area contributed by atoms with Gasteiger partial charge in [-0.2, -0.15) is 0 Å². The molecule has 0 radical (unpaired) electrons. The van der Waals surface area contributed by atoms with E-state index in [1.165, 1.54) is 18.2 Å². The molecule has 0 unspecified atom stereocenters. The Hall–Kier alpha value is -3.22. The largest absolute Gasteiger partial charge is 0.361 e. The van der Waals surface area contributed by atoms with Crippen LogP contribution in [-0.4, -0.2) is 22.4 Å². The molecule has 1 heterocycles. The van der Waals surface area contributed by atoms with E-state index in [0.29, 0.717) is 34.5 Å². The van der Waals surface area contributed by atoms with Crippen molar-refractivity contribution in [2.75, 3.05) is 6.54 Å². The van der Waals surface area contributed by atoms with Gasteiger partial charge in [-0.05, 0) is 36.1 Å². The van der Waals surface area contributed by atoms with Gasteiger partial charge in [0.1, 0.15) is 5.82 Å². The SMILES string of the molecule is Cc1ccc(F)c([C@H](CC(=O)NCC(C)C)c2c[nH]c3ccc([N+](=O)[O-])cc23)c1. The molecule has 6 nitrogen and oxygen atoms in total. The molecule has 0 saturated carbocycles. The summed E-state index contributed by atoms with van der Waals surface area (Å²) in [4.78, 5) is 26.4. The third-order valence-corrected chi connectivity index (χ3v) is 4.91. The summed E-state index contributed by atoms with van der Waals surface area (Å²) in [6.45, 7) is 6.38. The van der Waals surface area contributed by atoms with Crippen LogP contribution < -0.4 is 5.32 Å². The van der Waals surface area contributed by atoms with Crippen LogP contribution in [0.1, 0.15) is 42.9 Å². The van der Waals surface area contributed by atoms with E-state index in [1.807, 2.05) is 20.8 Å². The number of carbonyl (C=O) groups excluding carboxylic acids is 1. The Morgan fingerprint density at radius 1 is 1.21 bits per heavy atom. The third-order valence-electron chi connectivity index (χ3n) is 4.91. The molecule has 1 atom stereocenters. The second kappa shape index (κ2) is 8.43. The molecule has 1 aromatic heterocycles. The molecular weight excluding hydrogens is 373 g/mol. The van der Waals surface area contributed by atoms with Gasteiger partial charge in [-0.25, -0.2) is 4.39 Å². The fourth-order valence-electron chi connectivity index (χ4n) is 3.43. The number of fused-ring (bicyclic) bond motifs is 1. The zero-order chi connectivity index (χ0) is 21.1. The van der Waals surface area contributed by atoms with E-state index in [-0.39, 0.29) is 18.0 Å². The van der Waals surface area contributed by atoms with Gasteiger partial charge in [-0.15, -0.1) is 0 Å². The lowest BCUT2D eigenvalue weighted by molar-refractivity contribution is -0.384. The maximum absolute atomic E-state index is 14.7. The number of hydrogen-bond acceptors (Lipinski definition) is 3. The molecule has 29 heavy (non-hydrogen) atoms. The highest BCUT2D eigenvalue weighted by molar-refractivity contribution is 5.87. The minimum absolute atomic E-state index is 0.0444. The lowest BCUT2D eigenvalue weighted by Crippen LogP contribution is -2.29. The van der Waals surface area contributed by atoms with E-state index in [9.17, 15) is 19.3 Å². The number of carbonyl (C=O) groups is 1. The van der Waals surface area contributed by atoms with Crippen molar-refractivity contribution in [3.63, 3.8) is 0 Å². The van der Waals surface area contributed by atoms with E-state index >= 15 is 0 Å². The van der Waals surface area contributed by atoms with Crippen LogP contribution in [0.4, 0.5) is 10.1 Å².